The van der Waals surface area contributed by atoms with E-state index in [9.17, 15) is 4.79 Å². The van der Waals surface area contributed by atoms with Crippen LogP contribution in [0.25, 0.3) is 0 Å². The minimum Gasteiger partial charge on any atom is -0.396 e. The van der Waals surface area contributed by atoms with Crippen molar-refractivity contribution in [1.29, 1.82) is 0 Å². The smallest absolute Gasteiger partial charge is 0.225 e. The van der Waals surface area contributed by atoms with E-state index in [0.717, 1.165) is 17.9 Å². The molecule has 1 amide bonds. The van der Waals surface area contributed by atoms with E-state index < -0.39 is 0 Å². The molecule has 0 aliphatic rings. The van der Waals surface area contributed by atoms with Crippen LogP contribution in [-0.2, 0) is 4.79 Å². The van der Waals surface area contributed by atoms with E-state index >= 15 is 0 Å². The second-order valence-electron chi connectivity index (χ2n) is 4.20. The lowest BCUT2D eigenvalue weighted by atomic mass is 9.96. The first-order chi connectivity index (χ1) is 6.48. The Hall–Kier alpha value is -0.220. The van der Waals surface area contributed by atoms with Gasteiger partial charge < -0.3 is 10.4 Å². The summed E-state index contributed by atoms with van der Waals surface area (Å²) in [6, 6.07) is 0. The molecule has 0 atom stereocenters. The number of rotatable bonds is 6. The number of hydrogen-bond acceptors (Lipinski definition) is 3. The molecule has 84 valence electrons. The van der Waals surface area contributed by atoms with Crippen molar-refractivity contribution in [2.45, 2.75) is 27.2 Å². The molecule has 0 spiro atoms. The van der Waals surface area contributed by atoms with Crippen LogP contribution < -0.4 is 5.32 Å². The molecule has 0 unspecified atom stereocenters. The Kier molecular flexibility index (Phi) is 7.01. The van der Waals surface area contributed by atoms with Gasteiger partial charge in [0.25, 0.3) is 0 Å². The zero-order chi connectivity index (χ0) is 11.0. The Morgan fingerprint density at radius 2 is 2.00 bits per heavy atom. The van der Waals surface area contributed by atoms with Crippen molar-refractivity contribution in [3.8, 4) is 0 Å². The molecule has 0 saturated carbocycles. The summed E-state index contributed by atoms with van der Waals surface area (Å²) in [6.45, 7) is 6.68. The Morgan fingerprint density at radius 3 is 2.50 bits per heavy atom. The maximum absolute atomic E-state index is 11.4. The van der Waals surface area contributed by atoms with Gasteiger partial charge in [0.1, 0.15) is 0 Å². The Labute approximate surface area is 90.7 Å². The molecule has 0 aliphatic heterocycles. The normalized spacial score (nSPS) is 11.4. The molecule has 0 bridgehead atoms. The molecule has 0 fully saturated rings. The van der Waals surface area contributed by atoms with Crippen LogP contribution in [0.3, 0.4) is 0 Å². The van der Waals surface area contributed by atoms with Crippen LogP contribution in [-0.4, -0.2) is 35.7 Å². The number of carbonyl (C=O) groups is 1. The fourth-order valence-electron chi connectivity index (χ4n) is 0.771. The molecule has 3 nitrogen and oxygen atoms in total. The number of aliphatic hydroxyl groups is 1. The van der Waals surface area contributed by atoms with E-state index in [0.29, 0.717) is 6.54 Å². The van der Waals surface area contributed by atoms with Crippen LogP contribution in [0.5, 0.6) is 0 Å². The Balaban J connectivity index is 3.33. The highest BCUT2D eigenvalue weighted by molar-refractivity contribution is 7.99. The highest BCUT2D eigenvalue weighted by Crippen LogP contribution is 2.12. The van der Waals surface area contributed by atoms with E-state index in [1.165, 1.54) is 0 Å². The molecule has 0 saturated heterocycles. The topological polar surface area (TPSA) is 49.3 Å². The molecule has 0 radical (unpaired) electrons. The van der Waals surface area contributed by atoms with Crippen LogP contribution >= 0.6 is 11.8 Å². The van der Waals surface area contributed by atoms with Crippen molar-refractivity contribution >= 4 is 17.7 Å². The third-order valence-corrected chi connectivity index (χ3v) is 2.73. The lowest BCUT2D eigenvalue weighted by molar-refractivity contribution is -0.128. The van der Waals surface area contributed by atoms with Crippen LogP contribution in [0.1, 0.15) is 27.2 Å². The summed E-state index contributed by atoms with van der Waals surface area (Å²) in [5, 5.41) is 11.4. The second-order valence-corrected chi connectivity index (χ2v) is 5.42. The molecular weight excluding hydrogens is 198 g/mol. The molecule has 0 rings (SSSR count). The fraction of sp³-hybridized carbons (Fsp3) is 0.900. The first-order valence-electron chi connectivity index (χ1n) is 4.95. The van der Waals surface area contributed by atoms with Crippen LogP contribution in [0.2, 0.25) is 0 Å². The van der Waals surface area contributed by atoms with Crippen LogP contribution in [0, 0.1) is 5.41 Å². The van der Waals surface area contributed by atoms with Gasteiger partial charge >= 0.3 is 0 Å². The van der Waals surface area contributed by atoms with Crippen LogP contribution in [0.4, 0.5) is 0 Å². The fourth-order valence-corrected chi connectivity index (χ4v) is 1.55. The first kappa shape index (κ1) is 13.8. The third kappa shape index (κ3) is 7.21. The van der Waals surface area contributed by atoms with Gasteiger partial charge in [-0.15, -0.1) is 0 Å². The van der Waals surface area contributed by atoms with Gasteiger partial charge in [-0.1, -0.05) is 20.8 Å². The summed E-state index contributed by atoms with van der Waals surface area (Å²) in [6.07, 6.45) is 0.831. The number of carbonyl (C=O) groups excluding carboxylic acids is 1. The van der Waals surface area contributed by atoms with Crippen molar-refractivity contribution in [1.82, 2.24) is 5.32 Å². The summed E-state index contributed by atoms with van der Waals surface area (Å²) in [7, 11) is 0. The standard InChI is InChI=1S/C10H21NO2S/c1-10(2,3)9(13)11-5-8-14-7-4-6-12/h12H,4-8H2,1-3H3,(H,11,13). The van der Waals surface area contributed by atoms with Crippen molar-refractivity contribution in [3.05, 3.63) is 0 Å². The van der Waals surface area contributed by atoms with E-state index in [1.807, 2.05) is 20.8 Å². The highest BCUT2D eigenvalue weighted by Gasteiger charge is 2.19. The van der Waals surface area contributed by atoms with Gasteiger partial charge in [0.15, 0.2) is 0 Å². The molecule has 0 aromatic heterocycles. The average Bonchev–Trinajstić information content (AvgIpc) is 2.09. The van der Waals surface area contributed by atoms with E-state index in [4.69, 9.17) is 5.11 Å². The number of nitrogens with one attached hydrogen (secondary N) is 1. The quantitative estimate of drug-likeness (QED) is 0.661. The first-order valence-corrected chi connectivity index (χ1v) is 6.11. The number of hydrogen-bond donors (Lipinski definition) is 2. The van der Waals surface area contributed by atoms with Gasteiger partial charge in [-0.2, -0.15) is 11.8 Å². The molecule has 14 heavy (non-hydrogen) atoms. The predicted octanol–water partition coefficient (Wildman–Crippen LogP) is 1.26. The molecule has 0 aromatic carbocycles. The minimum absolute atomic E-state index is 0.0975. The Morgan fingerprint density at radius 1 is 1.36 bits per heavy atom. The SMILES string of the molecule is CC(C)(C)C(=O)NCCSCCCO. The summed E-state index contributed by atoms with van der Waals surface area (Å²) >= 11 is 1.76. The van der Waals surface area contributed by atoms with E-state index in [-0.39, 0.29) is 17.9 Å². The zero-order valence-corrected chi connectivity index (χ0v) is 10.1. The van der Waals surface area contributed by atoms with Gasteiger partial charge in [-0.3, -0.25) is 4.79 Å². The summed E-state index contributed by atoms with van der Waals surface area (Å²) in [5.74, 6) is 1.98. The number of amides is 1. The van der Waals surface area contributed by atoms with Crippen molar-refractivity contribution in [2.75, 3.05) is 24.7 Å². The molecule has 4 heteroatoms. The lowest BCUT2D eigenvalue weighted by Gasteiger charge is -2.17. The van der Waals surface area contributed by atoms with Gasteiger partial charge in [0.2, 0.25) is 5.91 Å². The van der Waals surface area contributed by atoms with Crippen molar-refractivity contribution in [2.24, 2.45) is 5.41 Å². The van der Waals surface area contributed by atoms with Gasteiger partial charge in [-0.05, 0) is 12.2 Å². The molecule has 0 aliphatic carbocycles. The summed E-state index contributed by atoms with van der Waals surface area (Å²) in [5.41, 5.74) is -0.296. The van der Waals surface area contributed by atoms with E-state index in [1.54, 1.807) is 11.8 Å². The average molecular weight is 219 g/mol. The summed E-state index contributed by atoms with van der Waals surface area (Å²) < 4.78 is 0. The highest BCUT2D eigenvalue weighted by atomic mass is 32.2. The summed E-state index contributed by atoms with van der Waals surface area (Å²) in [4.78, 5) is 11.4. The minimum atomic E-state index is -0.296. The number of thioether (sulfide) groups is 1. The van der Waals surface area contributed by atoms with Gasteiger partial charge in [-0.25, -0.2) is 0 Å². The van der Waals surface area contributed by atoms with Gasteiger partial charge in [0, 0.05) is 24.3 Å². The third-order valence-electron chi connectivity index (χ3n) is 1.66. The maximum Gasteiger partial charge on any atom is 0.225 e. The maximum atomic E-state index is 11.4. The van der Waals surface area contributed by atoms with Crippen LogP contribution in [0.15, 0.2) is 0 Å². The molecule has 0 heterocycles. The van der Waals surface area contributed by atoms with Crippen molar-refractivity contribution in [3.63, 3.8) is 0 Å². The lowest BCUT2D eigenvalue weighted by Crippen LogP contribution is -2.36. The molecule has 0 aromatic rings. The zero-order valence-electron chi connectivity index (χ0n) is 9.30. The van der Waals surface area contributed by atoms with Crippen molar-refractivity contribution < 1.29 is 9.90 Å². The second kappa shape index (κ2) is 7.12. The number of aliphatic hydroxyl groups excluding tert-OH is 1. The Bertz CT molecular complexity index is 166. The predicted molar refractivity (Wildman–Crippen MR) is 61.5 cm³/mol. The largest absolute Gasteiger partial charge is 0.396 e. The van der Waals surface area contributed by atoms with E-state index in [2.05, 4.69) is 5.32 Å². The molecule has 2 N–H and O–H groups in total. The molecular formula is C10H21NO2S. The monoisotopic (exact) mass is 219 g/mol. The van der Waals surface area contributed by atoms with Gasteiger partial charge in [0.05, 0.1) is 0 Å².